The third-order valence-corrected chi connectivity index (χ3v) is 13.5. The number of hydrogen-bond donors (Lipinski definition) is 0. The van der Waals surface area contributed by atoms with Gasteiger partial charge in [-0.2, -0.15) is 0 Å². The van der Waals surface area contributed by atoms with Gasteiger partial charge in [0.25, 0.3) is 0 Å². The van der Waals surface area contributed by atoms with Crippen molar-refractivity contribution in [2.24, 2.45) is 0 Å². The molecule has 0 rings (SSSR count). The normalized spacial score (nSPS) is 12.9. The minimum absolute atomic E-state index is 0.0828. The quantitative estimate of drug-likeness (QED) is 0.0261. The molecule has 0 N–H and O–H groups in total. The summed E-state index contributed by atoms with van der Waals surface area (Å²) >= 11 is 0. The Balaban J connectivity index is 4.15. The smallest absolute Gasteiger partial charge is 0.306 e. The molecule has 0 aromatic carbocycles. The molecule has 0 amide bonds. The molecule has 6 nitrogen and oxygen atoms in total. The first-order valence-electron chi connectivity index (χ1n) is 32.0. The second-order valence-electron chi connectivity index (χ2n) is 20.9. The van der Waals surface area contributed by atoms with E-state index in [-0.39, 0.29) is 31.1 Å². The van der Waals surface area contributed by atoms with Crippen LogP contribution >= 0.6 is 0 Å². The first-order chi connectivity index (χ1) is 38.0. The van der Waals surface area contributed by atoms with Crippen LogP contribution in [0.3, 0.4) is 0 Å². The molecule has 0 aliphatic rings. The average Bonchev–Trinajstić information content (AvgIpc) is 3.43. The van der Waals surface area contributed by atoms with Crippen molar-refractivity contribution in [3.05, 3.63) is 122 Å². The number of allylic oxidation sites excluding steroid dienone is 20. The summed E-state index contributed by atoms with van der Waals surface area (Å²) in [6.45, 7) is 6.47. The van der Waals surface area contributed by atoms with Gasteiger partial charge in [0.1, 0.15) is 13.2 Å². The zero-order chi connectivity index (χ0) is 55.7. The molecular formula is C71H118O6. The number of carbonyl (C=O) groups excluding carboxylic acids is 3. The lowest BCUT2D eigenvalue weighted by Crippen LogP contribution is -2.30. The average molecular weight is 1070 g/mol. The number of esters is 3. The molecule has 1 atom stereocenters. The lowest BCUT2D eigenvalue weighted by atomic mass is 10.1. The summed E-state index contributed by atoms with van der Waals surface area (Å²) in [5.41, 5.74) is 0. The Morgan fingerprint density at radius 1 is 0.273 bits per heavy atom. The fourth-order valence-corrected chi connectivity index (χ4v) is 8.67. The summed E-state index contributed by atoms with van der Waals surface area (Å²) in [5, 5.41) is 0. The first-order valence-corrected chi connectivity index (χ1v) is 32.0. The maximum Gasteiger partial charge on any atom is 0.306 e. The molecule has 0 aliphatic heterocycles. The molecule has 1 unspecified atom stereocenters. The molecule has 0 saturated carbocycles. The van der Waals surface area contributed by atoms with E-state index in [1.165, 1.54) is 128 Å². The molecule has 6 heteroatoms. The third-order valence-electron chi connectivity index (χ3n) is 13.5. The highest BCUT2D eigenvalue weighted by molar-refractivity contribution is 5.71. The Bertz CT molecular complexity index is 1600. The van der Waals surface area contributed by atoms with E-state index in [0.29, 0.717) is 19.3 Å². The van der Waals surface area contributed by atoms with Gasteiger partial charge in [-0.1, -0.05) is 277 Å². The van der Waals surface area contributed by atoms with E-state index >= 15 is 0 Å². The Morgan fingerprint density at radius 2 is 0.506 bits per heavy atom. The number of unbranched alkanes of at least 4 members (excludes halogenated alkanes) is 26. The van der Waals surface area contributed by atoms with Crippen molar-refractivity contribution < 1.29 is 28.6 Å². The van der Waals surface area contributed by atoms with Gasteiger partial charge in [-0.25, -0.2) is 0 Å². The van der Waals surface area contributed by atoms with E-state index in [1.807, 2.05) is 0 Å². The van der Waals surface area contributed by atoms with Gasteiger partial charge < -0.3 is 14.2 Å². The maximum atomic E-state index is 12.8. The molecule has 0 radical (unpaired) electrons. The van der Waals surface area contributed by atoms with E-state index in [0.717, 1.165) is 122 Å². The van der Waals surface area contributed by atoms with Gasteiger partial charge in [-0.3, -0.25) is 14.4 Å². The van der Waals surface area contributed by atoms with Crippen molar-refractivity contribution >= 4 is 17.9 Å². The fourth-order valence-electron chi connectivity index (χ4n) is 8.67. The zero-order valence-electron chi connectivity index (χ0n) is 50.2. The van der Waals surface area contributed by atoms with Gasteiger partial charge in [0.2, 0.25) is 0 Å². The van der Waals surface area contributed by atoms with Crippen LogP contribution < -0.4 is 0 Å². The predicted octanol–water partition coefficient (Wildman–Crippen LogP) is 22.0. The summed E-state index contributed by atoms with van der Waals surface area (Å²) in [5.74, 6) is -0.902. The summed E-state index contributed by atoms with van der Waals surface area (Å²) in [4.78, 5) is 38.0. The Hall–Kier alpha value is -4.19. The van der Waals surface area contributed by atoms with Gasteiger partial charge >= 0.3 is 17.9 Å². The molecular weight excluding hydrogens is 949 g/mol. The lowest BCUT2D eigenvalue weighted by Gasteiger charge is -2.18. The zero-order valence-corrected chi connectivity index (χ0v) is 50.2. The molecule has 438 valence electrons. The number of hydrogen-bond acceptors (Lipinski definition) is 6. The van der Waals surface area contributed by atoms with Gasteiger partial charge in [0, 0.05) is 19.3 Å². The van der Waals surface area contributed by atoms with E-state index < -0.39 is 6.10 Å². The topological polar surface area (TPSA) is 78.9 Å². The molecule has 0 aromatic heterocycles. The standard InChI is InChI=1S/C71H118O6/c1-4-7-10-13-16-18-20-22-24-26-27-28-29-30-31-32-33-34-35-36-37-38-39-40-41-42-43-45-46-48-50-52-55-58-61-64-70(73)76-67-68(66-75-69(72)63-60-57-54-15-12-9-6-3)77-71(74)65-62-59-56-53-51-49-47-44-25-23-21-19-17-14-11-8-5-2/h7,10,16,18,22-25,27-28,30-31,33-34,36-37,39-40,42-43,68H,4-6,8-9,11-15,17,19-21,26,29,32,35,38,41,44-67H2,1-3H3/b10-7-,18-16-,24-22-,25-23-,28-27-,31-30-,34-33-,37-36-,40-39-,43-42-. The minimum atomic E-state index is -0.784. The Kier molecular flexibility index (Phi) is 60.8. The van der Waals surface area contributed by atoms with Gasteiger partial charge in [0.05, 0.1) is 0 Å². The van der Waals surface area contributed by atoms with Crippen LogP contribution in [0.2, 0.25) is 0 Å². The van der Waals surface area contributed by atoms with Crippen LogP contribution in [0.5, 0.6) is 0 Å². The van der Waals surface area contributed by atoms with Crippen LogP contribution in [0.1, 0.15) is 290 Å². The highest BCUT2D eigenvalue weighted by Gasteiger charge is 2.19. The second kappa shape index (κ2) is 64.3. The third kappa shape index (κ3) is 62.5. The molecule has 0 heterocycles. The van der Waals surface area contributed by atoms with Crippen LogP contribution in [0.15, 0.2) is 122 Å². The number of carbonyl (C=O) groups is 3. The Morgan fingerprint density at radius 3 is 0.805 bits per heavy atom. The molecule has 0 bridgehead atoms. The summed E-state index contributed by atoms with van der Waals surface area (Å²) < 4.78 is 16.8. The van der Waals surface area contributed by atoms with Gasteiger partial charge in [0.15, 0.2) is 6.10 Å². The first kappa shape index (κ1) is 72.8. The fraction of sp³-hybridized carbons (Fsp3) is 0.676. The highest BCUT2D eigenvalue weighted by Crippen LogP contribution is 2.15. The van der Waals surface area contributed by atoms with Crippen LogP contribution in [0, 0.1) is 0 Å². The van der Waals surface area contributed by atoms with Crippen molar-refractivity contribution in [1.82, 2.24) is 0 Å². The van der Waals surface area contributed by atoms with Crippen molar-refractivity contribution in [2.75, 3.05) is 13.2 Å². The van der Waals surface area contributed by atoms with E-state index in [2.05, 4.69) is 142 Å². The number of rotatable bonds is 57. The van der Waals surface area contributed by atoms with E-state index in [9.17, 15) is 14.4 Å². The van der Waals surface area contributed by atoms with Crippen molar-refractivity contribution in [1.29, 1.82) is 0 Å². The van der Waals surface area contributed by atoms with Gasteiger partial charge in [-0.15, -0.1) is 0 Å². The summed E-state index contributed by atoms with van der Waals surface area (Å²) in [7, 11) is 0. The predicted molar refractivity (Wildman–Crippen MR) is 334 cm³/mol. The van der Waals surface area contributed by atoms with Crippen molar-refractivity contribution in [2.45, 2.75) is 297 Å². The molecule has 0 spiro atoms. The van der Waals surface area contributed by atoms with Gasteiger partial charge in [-0.05, 0) is 116 Å². The Labute approximate surface area is 475 Å². The van der Waals surface area contributed by atoms with E-state index in [4.69, 9.17) is 14.2 Å². The second-order valence-corrected chi connectivity index (χ2v) is 20.9. The monoisotopic (exact) mass is 1070 g/mol. The van der Waals surface area contributed by atoms with E-state index in [1.54, 1.807) is 0 Å². The van der Waals surface area contributed by atoms with Crippen molar-refractivity contribution in [3.8, 4) is 0 Å². The minimum Gasteiger partial charge on any atom is -0.462 e. The van der Waals surface area contributed by atoms with Crippen LogP contribution in [0.4, 0.5) is 0 Å². The number of ether oxygens (including phenoxy) is 3. The molecule has 0 fully saturated rings. The highest BCUT2D eigenvalue weighted by atomic mass is 16.6. The largest absolute Gasteiger partial charge is 0.462 e. The SMILES string of the molecule is CC/C=C\C/C=C\C/C=C\C/C=C\C/C=C\C/C=C\C/C=C\C/C=C\C/C=C\CCCCCCCCCC(=O)OCC(COC(=O)CCCCCCCCC)OC(=O)CCCCCCCCC/C=C\CCCCCCCC. The van der Waals surface area contributed by atoms with Crippen LogP contribution in [-0.2, 0) is 28.6 Å². The molecule has 0 aliphatic carbocycles. The summed E-state index contributed by atoms with van der Waals surface area (Å²) in [6, 6.07) is 0. The molecule has 0 aromatic rings. The van der Waals surface area contributed by atoms with Crippen LogP contribution in [0.25, 0.3) is 0 Å². The molecule has 77 heavy (non-hydrogen) atoms. The van der Waals surface area contributed by atoms with Crippen LogP contribution in [-0.4, -0.2) is 37.2 Å². The maximum absolute atomic E-state index is 12.8. The molecule has 0 saturated heterocycles. The lowest BCUT2D eigenvalue weighted by molar-refractivity contribution is -0.167. The summed E-state index contributed by atoms with van der Waals surface area (Å²) in [6.07, 6.45) is 89.4. The van der Waals surface area contributed by atoms with Crippen molar-refractivity contribution in [3.63, 3.8) is 0 Å².